The fourth-order valence-corrected chi connectivity index (χ4v) is 1.12. The molecule has 0 radical (unpaired) electrons. The third kappa shape index (κ3) is 1.62. The van der Waals surface area contributed by atoms with Crippen molar-refractivity contribution in [2.45, 2.75) is 6.54 Å². The van der Waals surface area contributed by atoms with Crippen LogP contribution in [0.2, 0.25) is 0 Å². The van der Waals surface area contributed by atoms with Gasteiger partial charge in [-0.2, -0.15) is 0 Å². The van der Waals surface area contributed by atoms with Crippen LogP contribution in [0.25, 0.3) is 11.3 Å². The lowest BCUT2D eigenvalue weighted by Gasteiger charge is -1.87. The first-order chi connectivity index (χ1) is 6.40. The Balaban J connectivity index is 2.23. The first-order valence-corrected chi connectivity index (χ1v) is 4.03. The van der Waals surface area contributed by atoms with Gasteiger partial charge in [0.1, 0.15) is 6.26 Å². The summed E-state index contributed by atoms with van der Waals surface area (Å²) >= 11 is 0. The minimum atomic E-state index is 0.710. The quantitative estimate of drug-likeness (QED) is 0.776. The molecule has 0 aliphatic heterocycles. The van der Waals surface area contributed by atoms with Crippen molar-refractivity contribution in [2.24, 2.45) is 0 Å². The Labute approximate surface area is 75.5 Å². The van der Waals surface area contributed by atoms with E-state index in [0.29, 0.717) is 6.54 Å². The molecule has 0 aromatic carbocycles. The normalized spacial score (nSPS) is 10.5. The van der Waals surface area contributed by atoms with Crippen LogP contribution in [0.5, 0.6) is 0 Å². The number of nitrogens with one attached hydrogen (secondary N) is 1. The minimum absolute atomic E-state index is 0.710. The maximum absolute atomic E-state index is 5.11. The first-order valence-electron chi connectivity index (χ1n) is 4.03. The molecule has 2 heterocycles. The molecule has 0 unspecified atom stereocenters. The predicted molar refractivity (Wildman–Crippen MR) is 47.0 cm³/mol. The van der Waals surface area contributed by atoms with Crippen LogP contribution in [0, 0.1) is 0 Å². The number of hydrogen-bond acceptors (Lipinski definition) is 4. The van der Waals surface area contributed by atoms with Crippen LogP contribution in [-0.4, -0.2) is 12.2 Å². The number of aromatic nitrogens is 1. The van der Waals surface area contributed by atoms with E-state index in [2.05, 4.69) is 10.5 Å². The Morgan fingerprint density at radius 3 is 3.15 bits per heavy atom. The predicted octanol–water partition coefficient (Wildman–Crippen LogP) is 1.65. The van der Waals surface area contributed by atoms with Crippen LogP contribution in [-0.2, 0) is 6.54 Å². The van der Waals surface area contributed by atoms with Crippen molar-refractivity contribution in [1.82, 2.24) is 10.5 Å². The molecular weight excluding hydrogens is 168 g/mol. The fraction of sp³-hybridized carbons (Fsp3) is 0.222. The van der Waals surface area contributed by atoms with Crippen molar-refractivity contribution in [3.63, 3.8) is 0 Å². The molecule has 13 heavy (non-hydrogen) atoms. The highest BCUT2D eigenvalue weighted by Crippen LogP contribution is 2.20. The van der Waals surface area contributed by atoms with E-state index in [9.17, 15) is 0 Å². The van der Waals surface area contributed by atoms with Crippen molar-refractivity contribution >= 4 is 0 Å². The second kappa shape index (κ2) is 3.45. The van der Waals surface area contributed by atoms with Crippen LogP contribution >= 0.6 is 0 Å². The average Bonchev–Trinajstić information content (AvgIpc) is 2.70. The lowest BCUT2D eigenvalue weighted by Crippen LogP contribution is -2.04. The molecule has 0 aliphatic rings. The average molecular weight is 178 g/mol. The molecular formula is C9H10N2O2. The van der Waals surface area contributed by atoms with Gasteiger partial charge in [-0.1, -0.05) is 5.16 Å². The summed E-state index contributed by atoms with van der Waals surface area (Å²) < 4.78 is 10.0. The maximum atomic E-state index is 5.11. The molecule has 4 heteroatoms. The van der Waals surface area contributed by atoms with E-state index < -0.39 is 0 Å². The van der Waals surface area contributed by atoms with Gasteiger partial charge in [0, 0.05) is 12.6 Å². The van der Waals surface area contributed by atoms with Crippen molar-refractivity contribution in [3.05, 3.63) is 30.4 Å². The summed E-state index contributed by atoms with van der Waals surface area (Å²) in [6.45, 7) is 0.710. The number of nitrogens with zero attached hydrogens (tertiary/aromatic N) is 1. The van der Waals surface area contributed by atoms with E-state index in [1.54, 1.807) is 12.5 Å². The lowest BCUT2D eigenvalue weighted by atomic mass is 10.2. The third-order valence-electron chi connectivity index (χ3n) is 1.72. The van der Waals surface area contributed by atoms with Gasteiger partial charge in [0.05, 0.1) is 17.5 Å². The molecule has 0 saturated carbocycles. The summed E-state index contributed by atoms with van der Waals surface area (Å²) in [6, 6.07) is 3.73. The van der Waals surface area contributed by atoms with Crippen LogP contribution in [0.3, 0.4) is 0 Å². The Morgan fingerprint density at radius 1 is 1.54 bits per heavy atom. The van der Waals surface area contributed by atoms with Crippen LogP contribution in [0.15, 0.2) is 33.6 Å². The topological polar surface area (TPSA) is 51.2 Å². The highest BCUT2D eigenvalue weighted by Gasteiger charge is 2.06. The summed E-state index contributed by atoms with van der Waals surface area (Å²) in [5, 5.41) is 6.88. The second-order valence-corrected chi connectivity index (χ2v) is 2.72. The van der Waals surface area contributed by atoms with Crippen molar-refractivity contribution < 1.29 is 8.94 Å². The zero-order valence-corrected chi connectivity index (χ0v) is 7.28. The summed E-state index contributed by atoms with van der Waals surface area (Å²) in [6.07, 6.45) is 3.24. The lowest BCUT2D eigenvalue weighted by molar-refractivity contribution is 0.421. The zero-order chi connectivity index (χ0) is 9.10. The molecule has 2 aromatic rings. The minimum Gasteiger partial charge on any atom is -0.472 e. The van der Waals surface area contributed by atoms with E-state index in [1.165, 1.54) is 0 Å². The fourth-order valence-electron chi connectivity index (χ4n) is 1.12. The van der Waals surface area contributed by atoms with Crippen molar-refractivity contribution in [2.75, 3.05) is 7.05 Å². The van der Waals surface area contributed by atoms with E-state index in [-0.39, 0.29) is 0 Å². The zero-order valence-electron chi connectivity index (χ0n) is 7.28. The largest absolute Gasteiger partial charge is 0.472 e. The molecule has 0 amide bonds. The van der Waals surface area contributed by atoms with Gasteiger partial charge in [-0.3, -0.25) is 0 Å². The van der Waals surface area contributed by atoms with Gasteiger partial charge in [0.2, 0.25) is 0 Å². The van der Waals surface area contributed by atoms with E-state index in [4.69, 9.17) is 8.94 Å². The SMILES string of the molecule is CNCc1cc(-c2ccoc2)on1. The van der Waals surface area contributed by atoms with Gasteiger partial charge in [-0.15, -0.1) is 0 Å². The number of furan rings is 1. The molecule has 0 saturated heterocycles. The van der Waals surface area contributed by atoms with Gasteiger partial charge in [-0.05, 0) is 13.1 Å². The highest BCUT2D eigenvalue weighted by atomic mass is 16.5. The van der Waals surface area contributed by atoms with E-state index >= 15 is 0 Å². The third-order valence-corrected chi connectivity index (χ3v) is 1.72. The van der Waals surface area contributed by atoms with Crippen molar-refractivity contribution in [1.29, 1.82) is 0 Å². The maximum Gasteiger partial charge on any atom is 0.170 e. The smallest absolute Gasteiger partial charge is 0.170 e. The Kier molecular flexibility index (Phi) is 2.14. The summed E-state index contributed by atoms with van der Waals surface area (Å²) in [7, 11) is 1.87. The van der Waals surface area contributed by atoms with E-state index in [1.807, 2.05) is 19.2 Å². The van der Waals surface area contributed by atoms with Crippen molar-refractivity contribution in [3.8, 4) is 11.3 Å². The van der Waals surface area contributed by atoms with Gasteiger partial charge < -0.3 is 14.3 Å². The molecule has 4 nitrogen and oxygen atoms in total. The summed E-state index contributed by atoms with van der Waals surface area (Å²) in [5.41, 5.74) is 1.80. The van der Waals surface area contributed by atoms with Gasteiger partial charge in [0.25, 0.3) is 0 Å². The van der Waals surface area contributed by atoms with Crippen LogP contribution < -0.4 is 5.32 Å². The van der Waals surface area contributed by atoms with Gasteiger partial charge >= 0.3 is 0 Å². The second-order valence-electron chi connectivity index (χ2n) is 2.72. The molecule has 0 atom stereocenters. The van der Waals surface area contributed by atoms with Gasteiger partial charge in [0.15, 0.2) is 5.76 Å². The van der Waals surface area contributed by atoms with Crippen LogP contribution in [0.1, 0.15) is 5.69 Å². The summed E-state index contributed by atoms with van der Waals surface area (Å²) in [5.74, 6) is 0.735. The van der Waals surface area contributed by atoms with Gasteiger partial charge in [-0.25, -0.2) is 0 Å². The highest BCUT2D eigenvalue weighted by molar-refractivity contribution is 5.55. The Morgan fingerprint density at radius 2 is 2.46 bits per heavy atom. The van der Waals surface area contributed by atoms with Crippen LogP contribution in [0.4, 0.5) is 0 Å². The standard InChI is InChI=1S/C9H10N2O2/c1-10-5-8-4-9(13-11-8)7-2-3-12-6-7/h2-4,6,10H,5H2,1H3. The Hall–Kier alpha value is -1.55. The monoisotopic (exact) mass is 178 g/mol. The summed E-state index contributed by atoms with van der Waals surface area (Å²) in [4.78, 5) is 0. The molecule has 68 valence electrons. The Bertz CT molecular complexity index is 365. The molecule has 0 aliphatic carbocycles. The number of hydrogen-bond donors (Lipinski definition) is 1. The molecule has 2 rings (SSSR count). The molecule has 0 bridgehead atoms. The molecule has 2 aromatic heterocycles. The molecule has 0 fully saturated rings. The molecule has 1 N–H and O–H groups in total. The molecule has 0 spiro atoms. The first kappa shape index (κ1) is 8.07. The number of rotatable bonds is 3. The van der Waals surface area contributed by atoms with E-state index in [0.717, 1.165) is 17.0 Å².